The van der Waals surface area contributed by atoms with Crippen molar-refractivity contribution in [2.75, 3.05) is 0 Å². The molecule has 12 heteroatoms. The van der Waals surface area contributed by atoms with Gasteiger partial charge in [0.25, 0.3) is 0 Å². The van der Waals surface area contributed by atoms with Gasteiger partial charge in [-0.3, -0.25) is 0 Å². The summed E-state index contributed by atoms with van der Waals surface area (Å²) in [5.41, 5.74) is 30.9. The first-order chi connectivity index (χ1) is 68.4. The molecule has 0 aliphatic heterocycles. The van der Waals surface area contributed by atoms with Crippen molar-refractivity contribution in [1.29, 1.82) is 0 Å². The summed E-state index contributed by atoms with van der Waals surface area (Å²) in [6.45, 7) is 0. The molecule has 0 saturated carbocycles. The summed E-state index contributed by atoms with van der Waals surface area (Å²) < 4.78 is 14.3. The number of benzene rings is 20. The van der Waals surface area contributed by atoms with E-state index in [9.17, 15) is 0 Å². The molecular weight excluding hydrogens is 1680 g/mol. The summed E-state index contributed by atoms with van der Waals surface area (Å²) in [7, 11) is 0. The Morgan fingerprint density at radius 1 is 0.101 bits per heavy atom. The zero-order valence-corrected chi connectivity index (χ0v) is 74.6. The predicted molar refractivity (Wildman–Crippen MR) is 569 cm³/mol. The largest absolute Gasteiger partial charge is 0.309 e. The van der Waals surface area contributed by atoms with Gasteiger partial charge in [0, 0.05) is 132 Å². The van der Waals surface area contributed by atoms with Crippen LogP contribution >= 0.6 is 0 Å². The lowest BCUT2D eigenvalue weighted by molar-refractivity contribution is 1.07. The summed E-state index contributed by atoms with van der Waals surface area (Å²) >= 11 is 0. The maximum absolute atomic E-state index is 5.06. The molecule has 0 bridgehead atoms. The van der Waals surface area contributed by atoms with Crippen molar-refractivity contribution in [2.45, 2.75) is 0 Å². The molecule has 0 aliphatic rings. The summed E-state index contributed by atoms with van der Waals surface area (Å²) in [5.74, 6) is 3.83. The number of aromatic nitrogens is 12. The lowest BCUT2D eigenvalue weighted by atomic mass is 10.0. The maximum Gasteiger partial charge on any atom is 0.164 e. The van der Waals surface area contributed by atoms with Gasteiger partial charge in [0.2, 0.25) is 0 Å². The van der Waals surface area contributed by atoms with E-state index < -0.39 is 0 Å². The lowest BCUT2D eigenvalue weighted by Crippen LogP contribution is -2.01. The summed E-state index contributed by atoms with van der Waals surface area (Å²) in [5, 5.41) is 14.6. The van der Waals surface area contributed by atoms with Gasteiger partial charge in [0.05, 0.1) is 66.2 Å². The van der Waals surface area contributed by atoms with Gasteiger partial charge in [-0.05, 0) is 204 Å². The fraction of sp³-hybridized carbons (Fsp3) is 0. The molecule has 0 saturated heterocycles. The van der Waals surface area contributed by atoms with E-state index in [2.05, 4.69) is 391 Å². The minimum Gasteiger partial charge on any atom is -0.309 e. The molecule has 12 nitrogen and oxygen atoms in total. The first-order valence-corrected chi connectivity index (χ1v) is 46.7. The number of hydrogen-bond donors (Lipinski definition) is 0. The van der Waals surface area contributed by atoms with Crippen LogP contribution in [0.3, 0.4) is 0 Å². The Kier molecular flexibility index (Phi) is 18.7. The summed E-state index contributed by atoms with van der Waals surface area (Å²) in [6, 6.07) is 173. The highest BCUT2D eigenvalue weighted by Crippen LogP contribution is 2.46. The average molecular weight is 1760 g/mol. The Bertz CT molecular complexity index is 9470. The van der Waals surface area contributed by atoms with Gasteiger partial charge in [-0.2, -0.15) is 0 Å². The zero-order valence-electron chi connectivity index (χ0n) is 74.6. The minimum atomic E-state index is 0.624. The lowest BCUT2D eigenvalue weighted by Gasteiger charge is -2.12. The highest BCUT2D eigenvalue weighted by Gasteiger charge is 2.25. The van der Waals surface area contributed by atoms with Crippen LogP contribution < -0.4 is 0 Å². The van der Waals surface area contributed by atoms with Crippen molar-refractivity contribution in [3.63, 3.8) is 0 Å². The third-order valence-corrected chi connectivity index (χ3v) is 27.4. The second-order valence-corrected chi connectivity index (χ2v) is 35.3. The standard InChI is InChI=1S/2C63H40N6/c1-4-17-41(18-5-1)61-64-62(42-19-6-2-7-20-42)66-63(65-61)45-21-16-24-47(37-45)68-57-30-15-12-27-51(57)52-38-43(31-34-58(52)68)44-32-35-59-53(39-44)54-40-48(33-36-60(54)67(59)46-22-8-3-9-23-46)69-55-28-13-10-25-49(55)50-26-11-14-29-56(50)69;1-4-16-41(17-5-1)61-64-62(42-18-6-2-7-19-42)66-63(65-61)43-28-32-47(33-29-43)68-57-27-15-12-24-51(57)52-38-44(30-35-58(52)68)45-31-36-59-53(39-45)54-40-48(34-37-60(54)67(59)46-20-8-3-9-21-46)69-55-25-13-10-22-49(55)50-23-11-14-26-56(50)69/h2*1-40H. The van der Waals surface area contributed by atoms with E-state index in [0.29, 0.717) is 34.9 Å². The molecule has 0 unspecified atom stereocenters. The molecule has 0 N–H and O–H groups in total. The van der Waals surface area contributed by atoms with Gasteiger partial charge in [0.1, 0.15) is 0 Å². The van der Waals surface area contributed by atoms with Gasteiger partial charge < -0.3 is 27.4 Å². The van der Waals surface area contributed by atoms with Crippen LogP contribution in [0.5, 0.6) is 0 Å². The molecule has 0 atom stereocenters. The van der Waals surface area contributed by atoms with Crippen molar-refractivity contribution in [3.8, 4) is 125 Å². The van der Waals surface area contributed by atoms with Gasteiger partial charge in [-0.25, -0.2) is 29.9 Å². The van der Waals surface area contributed by atoms with Crippen LogP contribution in [0.4, 0.5) is 0 Å². The van der Waals surface area contributed by atoms with Crippen LogP contribution in [-0.4, -0.2) is 57.3 Å². The average Bonchev–Trinajstić information content (AvgIpc) is 1.58. The van der Waals surface area contributed by atoms with Crippen molar-refractivity contribution in [2.24, 2.45) is 0 Å². The van der Waals surface area contributed by atoms with Crippen molar-refractivity contribution >= 4 is 131 Å². The Hall–Kier alpha value is -18.8. The highest BCUT2D eigenvalue weighted by molar-refractivity contribution is 6.18. The second kappa shape index (κ2) is 32.6. The first-order valence-electron chi connectivity index (χ1n) is 46.7. The van der Waals surface area contributed by atoms with E-state index in [-0.39, 0.29) is 0 Å². The second-order valence-electron chi connectivity index (χ2n) is 35.3. The molecule has 8 aromatic heterocycles. The number of nitrogens with zero attached hydrogens (tertiary/aromatic N) is 12. The molecule has 0 aliphatic carbocycles. The number of rotatable bonds is 14. The fourth-order valence-electron chi connectivity index (χ4n) is 21.1. The molecule has 20 aromatic carbocycles. The molecule has 28 rings (SSSR count). The van der Waals surface area contributed by atoms with E-state index in [1.165, 1.54) is 120 Å². The molecule has 8 heterocycles. The molecule has 0 radical (unpaired) electrons. The third kappa shape index (κ3) is 13.3. The van der Waals surface area contributed by atoms with E-state index in [1.807, 2.05) is 121 Å². The molecular formula is C126H80N12. The predicted octanol–water partition coefficient (Wildman–Crippen LogP) is 31.7. The zero-order chi connectivity index (χ0) is 90.8. The van der Waals surface area contributed by atoms with Crippen LogP contribution in [0.1, 0.15) is 0 Å². The molecule has 0 amide bonds. The van der Waals surface area contributed by atoms with Crippen molar-refractivity contribution in [3.05, 3.63) is 485 Å². The normalized spacial score (nSPS) is 11.8. The van der Waals surface area contributed by atoms with Gasteiger partial charge in [-0.1, -0.05) is 303 Å². The van der Waals surface area contributed by atoms with Gasteiger partial charge in [0.15, 0.2) is 34.9 Å². The van der Waals surface area contributed by atoms with Crippen LogP contribution in [-0.2, 0) is 0 Å². The van der Waals surface area contributed by atoms with E-state index in [1.54, 1.807) is 0 Å². The van der Waals surface area contributed by atoms with Crippen LogP contribution in [0.15, 0.2) is 485 Å². The van der Waals surface area contributed by atoms with Crippen molar-refractivity contribution in [1.82, 2.24) is 57.3 Å². The SMILES string of the molecule is c1ccc(-c2nc(-c3ccccc3)nc(-c3ccc(-n4c5ccccc5c5cc(-c6ccc7c(c6)c6cc(-n8c9ccccc9c9ccccc98)ccc6n7-c6ccccc6)ccc54)cc3)n2)cc1.c1ccc(-c2nc(-c3ccccc3)nc(-c3cccc(-n4c5ccccc5c5cc(-c6ccc7c(c6)c6cc(-n8c9ccccc9c9ccccc98)ccc6n7-c6ccccc6)ccc54)c3)n2)cc1. The maximum atomic E-state index is 5.06. The van der Waals surface area contributed by atoms with Gasteiger partial charge in [-0.15, -0.1) is 0 Å². The molecule has 138 heavy (non-hydrogen) atoms. The highest BCUT2D eigenvalue weighted by atomic mass is 15.1. The topological polar surface area (TPSA) is 107 Å². The Labute approximate surface area is 792 Å². The van der Waals surface area contributed by atoms with Gasteiger partial charge >= 0.3 is 0 Å². The molecule has 0 spiro atoms. The van der Waals surface area contributed by atoms with Crippen molar-refractivity contribution < 1.29 is 0 Å². The minimum absolute atomic E-state index is 0.624. The van der Waals surface area contributed by atoms with Crippen LogP contribution in [0.25, 0.3) is 256 Å². The summed E-state index contributed by atoms with van der Waals surface area (Å²) in [6.07, 6.45) is 0. The quantitative estimate of drug-likeness (QED) is 0.107. The number of fused-ring (bicyclic) bond motifs is 18. The Balaban J connectivity index is 0.000000139. The first kappa shape index (κ1) is 79.0. The Morgan fingerprint density at radius 3 is 0.572 bits per heavy atom. The van der Waals surface area contributed by atoms with Crippen LogP contribution in [0, 0.1) is 0 Å². The van der Waals surface area contributed by atoms with Crippen LogP contribution in [0.2, 0.25) is 0 Å². The molecule has 0 fully saturated rings. The van der Waals surface area contributed by atoms with E-state index >= 15 is 0 Å². The monoisotopic (exact) mass is 1760 g/mol. The summed E-state index contributed by atoms with van der Waals surface area (Å²) in [4.78, 5) is 29.9. The van der Waals surface area contributed by atoms with E-state index in [4.69, 9.17) is 29.9 Å². The number of hydrogen-bond acceptors (Lipinski definition) is 6. The molecule has 644 valence electrons. The smallest absolute Gasteiger partial charge is 0.164 e. The number of para-hydroxylation sites is 8. The third-order valence-electron chi connectivity index (χ3n) is 27.4. The van der Waals surface area contributed by atoms with E-state index in [0.717, 1.165) is 101 Å². The molecule has 28 aromatic rings. The fourth-order valence-corrected chi connectivity index (χ4v) is 21.1. The Morgan fingerprint density at radius 2 is 0.275 bits per heavy atom.